The van der Waals surface area contributed by atoms with Crippen LogP contribution in [0, 0.1) is 6.92 Å². The van der Waals surface area contributed by atoms with Gasteiger partial charge in [-0.15, -0.1) is 0 Å². The van der Waals surface area contributed by atoms with Crippen LogP contribution in [0.5, 0.6) is 0 Å². The highest BCUT2D eigenvalue weighted by Gasteiger charge is 2.22. The minimum atomic E-state index is -0.499. The van der Waals surface area contributed by atoms with Gasteiger partial charge in [-0.05, 0) is 13.8 Å². The minimum absolute atomic E-state index is 0.161. The fourth-order valence-electron chi connectivity index (χ4n) is 1.47. The molecule has 17 heavy (non-hydrogen) atoms. The lowest BCUT2D eigenvalue weighted by Crippen LogP contribution is -2.06. The maximum Gasteiger partial charge on any atom is 0.361 e. The van der Waals surface area contributed by atoms with Gasteiger partial charge in [-0.1, -0.05) is 0 Å². The molecule has 0 unspecified atom stereocenters. The van der Waals surface area contributed by atoms with Gasteiger partial charge in [0.25, 0.3) is 0 Å². The molecule has 0 atom stereocenters. The van der Waals surface area contributed by atoms with Crippen LogP contribution < -0.4 is 0 Å². The van der Waals surface area contributed by atoms with Crippen LogP contribution in [-0.4, -0.2) is 27.1 Å². The van der Waals surface area contributed by atoms with Gasteiger partial charge in [0.2, 0.25) is 0 Å². The number of nitrogens with zero attached hydrogens (tertiary/aromatic N) is 3. The van der Waals surface area contributed by atoms with Crippen molar-refractivity contribution >= 4 is 5.97 Å². The summed E-state index contributed by atoms with van der Waals surface area (Å²) in [4.78, 5) is 19.7. The Bertz CT molecular complexity index is 542. The number of aromatic nitrogens is 3. The largest absolute Gasteiger partial charge is 0.461 e. The van der Waals surface area contributed by atoms with E-state index in [1.165, 1.54) is 6.39 Å². The number of oxazole rings is 1. The van der Waals surface area contributed by atoms with E-state index >= 15 is 0 Å². The van der Waals surface area contributed by atoms with Crippen molar-refractivity contribution in [3.05, 3.63) is 24.1 Å². The topological polar surface area (TPSA) is 70.2 Å². The highest BCUT2D eigenvalue weighted by Crippen LogP contribution is 2.24. The van der Waals surface area contributed by atoms with E-state index in [2.05, 4.69) is 9.97 Å². The molecular formula is C11H13N3O3. The van der Waals surface area contributed by atoms with Gasteiger partial charge in [-0.3, -0.25) is 0 Å². The predicted octanol–water partition coefficient (Wildman–Crippen LogP) is 1.56. The summed E-state index contributed by atoms with van der Waals surface area (Å²) in [5.41, 5.74) is 1.66. The average molecular weight is 235 g/mol. The van der Waals surface area contributed by atoms with Gasteiger partial charge in [0, 0.05) is 12.7 Å². The summed E-state index contributed by atoms with van der Waals surface area (Å²) >= 11 is 0. The third-order valence-corrected chi connectivity index (χ3v) is 2.48. The molecule has 0 amide bonds. The van der Waals surface area contributed by atoms with Crippen molar-refractivity contribution < 1.29 is 13.9 Å². The van der Waals surface area contributed by atoms with Gasteiger partial charge in [0.05, 0.1) is 12.9 Å². The first-order valence-corrected chi connectivity index (χ1v) is 5.24. The Hall–Kier alpha value is -2.11. The van der Waals surface area contributed by atoms with Crippen molar-refractivity contribution in [1.82, 2.24) is 14.5 Å². The number of imidazole rings is 1. The normalized spacial score (nSPS) is 10.5. The fourth-order valence-corrected chi connectivity index (χ4v) is 1.47. The summed E-state index contributed by atoms with van der Waals surface area (Å²) in [6, 6.07) is 0. The number of carbonyl (C=O) groups excluding carboxylic acids is 1. The Morgan fingerprint density at radius 2 is 2.29 bits per heavy atom. The Kier molecular flexibility index (Phi) is 2.95. The zero-order valence-corrected chi connectivity index (χ0v) is 9.93. The smallest absolute Gasteiger partial charge is 0.361 e. The van der Waals surface area contributed by atoms with Crippen LogP contribution in [0.1, 0.15) is 23.1 Å². The van der Waals surface area contributed by atoms with Crippen LogP contribution in [0.2, 0.25) is 0 Å². The van der Waals surface area contributed by atoms with Crippen molar-refractivity contribution in [2.75, 3.05) is 6.61 Å². The van der Waals surface area contributed by atoms with E-state index < -0.39 is 5.97 Å². The zero-order chi connectivity index (χ0) is 12.4. The molecule has 2 aromatic heterocycles. The van der Waals surface area contributed by atoms with Crippen molar-refractivity contribution in [2.45, 2.75) is 13.8 Å². The van der Waals surface area contributed by atoms with Crippen LogP contribution >= 0.6 is 0 Å². The minimum Gasteiger partial charge on any atom is -0.461 e. The maximum absolute atomic E-state index is 11.6. The molecule has 2 aromatic rings. The van der Waals surface area contributed by atoms with E-state index in [0.29, 0.717) is 18.1 Å². The van der Waals surface area contributed by atoms with E-state index in [-0.39, 0.29) is 5.69 Å². The standard InChI is InChI=1S/C11H13N3O3/c1-4-16-11(15)9-10(17-6-13-9)8-7(2)14(3)5-12-8/h5-6H,4H2,1-3H3. The third kappa shape index (κ3) is 1.93. The van der Waals surface area contributed by atoms with E-state index in [1.54, 1.807) is 13.3 Å². The quantitative estimate of drug-likeness (QED) is 0.755. The van der Waals surface area contributed by atoms with E-state index in [4.69, 9.17) is 9.15 Å². The predicted molar refractivity (Wildman–Crippen MR) is 59.4 cm³/mol. The van der Waals surface area contributed by atoms with Crippen LogP contribution in [-0.2, 0) is 11.8 Å². The molecule has 0 aliphatic rings. The molecule has 0 aromatic carbocycles. The first kappa shape index (κ1) is 11.4. The number of esters is 1. The monoisotopic (exact) mass is 235 g/mol. The Morgan fingerprint density at radius 1 is 1.53 bits per heavy atom. The highest BCUT2D eigenvalue weighted by atomic mass is 16.5. The second-order valence-corrected chi connectivity index (χ2v) is 3.54. The van der Waals surface area contributed by atoms with Crippen molar-refractivity contribution in [3.63, 3.8) is 0 Å². The lowest BCUT2D eigenvalue weighted by atomic mass is 10.2. The molecule has 0 bridgehead atoms. The Morgan fingerprint density at radius 3 is 2.88 bits per heavy atom. The number of carbonyl (C=O) groups is 1. The third-order valence-electron chi connectivity index (χ3n) is 2.48. The first-order valence-electron chi connectivity index (χ1n) is 5.24. The van der Waals surface area contributed by atoms with Gasteiger partial charge in [0.1, 0.15) is 5.69 Å². The SMILES string of the molecule is CCOC(=O)c1ncoc1-c1ncn(C)c1C. The van der Waals surface area contributed by atoms with Gasteiger partial charge >= 0.3 is 5.97 Å². The van der Waals surface area contributed by atoms with Crippen molar-refractivity contribution in [2.24, 2.45) is 7.05 Å². The van der Waals surface area contributed by atoms with Crippen LogP contribution in [0.25, 0.3) is 11.5 Å². The summed E-state index contributed by atoms with van der Waals surface area (Å²) < 4.78 is 12.0. The average Bonchev–Trinajstić information content (AvgIpc) is 2.88. The molecule has 2 rings (SSSR count). The van der Waals surface area contributed by atoms with Gasteiger partial charge in [-0.2, -0.15) is 0 Å². The summed E-state index contributed by atoms with van der Waals surface area (Å²) in [6.07, 6.45) is 2.87. The molecule has 90 valence electrons. The van der Waals surface area contributed by atoms with Gasteiger partial charge in [0.15, 0.2) is 17.8 Å². The van der Waals surface area contributed by atoms with E-state index in [0.717, 1.165) is 5.69 Å². The zero-order valence-electron chi connectivity index (χ0n) is 9.93. The van der Waals surface area contributed by atoms with Gasteiger partial charge in [-0.25, -0.2) is 14.8 Å². The van der Waals surface area contributed by atoms with Crippen LogP contribution in [0.15, 0.2) is 17.1 Å². The summed E-state index contributed by atoms with van der Waals surface area (Å²) in [5, 5.41) is 0. The second-order valence-electron chi connectivity index (χ2n) is 3.54. The van der Waals surface area contributed by atoms with Gasteiger partial charge < -0.3 is 13.7 Å². The molecule has 0 N–H and O–H groups in total. The number of ether oxygens (including phenoxy) is 1. The summed E-state index contributed by atoms with van der Waals surface area (Å²) in [5.74, 6) is -0.150. The van der Waals surface area contributed by atoms with Crippen molar-refractivity contribution in [1.29, 1.82) is 0 Å². The molecule has 0 aliphatic carbocycles. The Balaban J connectivity index is 2.44. The molecule has 0 aliphatic heterocycles. The summed E-state index contributed by atoms with van der Waals surface area (Å²) in [7, 11) is 1.87. The molecule has 0 spiro atoms. The van der Waals surface area contributed by atoms with E-state index in [1.807, 2.05) is 18.5 Å². The molecule has 6 nitrogen and oxygen atoms in total. The molecule has 0 fully saturated rings. The lowest BCUT2D eigenvalue weighted by molar-refractivity contribution is 0.0520. The Labute approximate surface area is 98.2 Å². The number of hydrogen-bond acceptors (Lipinski definition) is 5. The molecule has 0 radical (unpaired) electrons. The number of rotatable bonds is 3. The number of aryl methyl sites for hydroxylation is 1. The number of hydrogen-bond donors (Lipinski definition) is 0. The first-order chi connectivity index (χ1) is 8.15. The van der Waals surface area contributed by atoms with Crippen molar-refractivity contribution in [3.8, 4) is 11.5 Å². The highest BCUT2D eigenvalue weighted by molar-refractivity contribution is 5.93. The molecule has 0 saturated heterocycles. The molecule has 2 heterocycles. The second kappa shape index (κ2) is 4.40. The van der Waals surface area contributed by atoms with E-state index in [9.17, 15) is 4.79 Å². The summed E-state index contributed by atoms with van der Waals surface area (Å²) in [6.45, 7) is 3.93. The molecular weight excluding hydrogens is 222 g/mol. The molecule has 6 heteroatoms. The van der Waals surface area contributed by atoms with Crippen LogP contribution in [0.3, 0.4) is 0 Å². The lowest BCUT2D eigenvalue weighted by Gasteiger charge is -2.00. The molecule has 0 saturated carbocycles. The van der Waals surface area contributed by atoms with Crippen LogP contribution in [0.4, 0.5) is 0 Å². The maximum atomic E-state index is 11.6. The fraction of sp³-hybridized carbons (Fsp3) is 0.364.